The van der Waals surface area contributed by atoms with Crippen molar-refractivity contribution in [3.8, 4) is 11.5 Å². The lowest BCUT2D eigenvalue weighted by atomic mass is 10.2. The molecule has 0 unspecified atom stereocenters. The van der Waals surface area contributed by atoms with Gasteiger partial charge in [0.15, 0.2) is 18.1 Å². The van der Waals surface area contributed by atoms with E-state index < -0.39 is 11.7 Å². The van der Waals surface area contributed by atoms with E-state index >= 15 is 0 Å². The van der Waals surface area contributed by atoms with E-state index in [2.05, 4.69) is 10.6 Å². The fourth-order valence-electron chi connectivity index (χ4n) is 1.72. The van der Waals surface area contributed by atoms with Crippen molar-refractivity contribution in [1.82, 2.24) is 10.6 Å². The Morgan fingerprint density at radius 3 is 2.17 bits per heavy atom. The molecular weight excluding hydrogens is 312 g/mol. The third-order valence-corrected chi connectivity index (χ3v) is 2.62. The van der Waals surface area contributed by atoms with E-state index in [0.29, 0.717) is 18.1 Å². The summed E-state index contributed by atoms with van der Waals surface area (Å²) in [5, 5.41) is 5.21. The summed E-state index contributed by atoms with van der Waals surface area (Å²) in [7, 11) is 0. The van der Waals surface area contributed by atoms with E-state index in [1.165, 1.54) is 0 Å². The third kappa shape index (κ3) is 8.26. The lowest BCUT2D eigenvalue weighted by Crippen LogP contribution is -2.39. The molecule has 0 radical (unpaired) electrons. The number of hydrogen-bond donors (Lipinski definition) is 2. The van der Waals surface area contributed by atoms with Crippen molar-refractivity contribution in [2.24, 2.45) is 0 Å². The predicted molar refractivity (Wildman–Crippen MR) is 90.4 cm³/mol. The Labute approximate surface area is 142 Å². The average molecular weight is 338 g/mol. The van der Waals surface area contributed by atoms with Crippen LogP contribution in [0.25, 0.3) is 0 Å². The number of benzene rings is 1. The van der Waals surface area contributed by atoms with Crippen molar-refractivity contribution in [2.75, 3.05) is 26.3 Å². The molecule has 2 amide bonds. The number of carbonyl (C=O) groups is 2. The van der Waals surface area contributed by atoms with Gasteiger partial charge < -0.3 is 24.8 Å². The Balaban J connectivity index is 2.24. The number of nitrogens with one attached hydrogen (secondary N) is 2. The van der Waals surface area contributed by atoms with Crippen LogP contribution in [0.2, 0.25) is 0 Å². The molecule has 0 aliphatic heterocycles. The minimum atomic E-state index is -0.547. The standard InChI is InChI=1S/C17H26N2O5/c1-5-22-13-8-6-7-9-14(13)23-12-15(20)18-10-11-19-16(21)24-17(2,3)4/h6-9H,5,10-12H2,1-4H3,(H,18,20)(H,19,21). The van der Waals surface area contributed by atoms with Gasteiger partial charge in [0, 0.05) is 13.1 Å². The molecule has 0 saturated carbocycles. The van der Waals surface area contributed by atoms with Crippen molar-refractivity contribution < 1.29 is 23.8 Å². The monoisotopic (exact) mass is 338 g/mol. The molecule has 2 N–H and O–H groups in total. The fraction of sp³-hybridized carbons (Fsp3) is 0.529. The van der Waals surface area contributed by atoms with Gasteiger partial charge in [-0.3, -0.25) is 4.79 Å². The zero-order valence-corrected chi connectivity index (χ0v) is 14.7. The van der Waals surface area contributed by atoms with Gasteiger partial charge in [0.25, 0.3) is 5.91 Å². The highest BCUT2D eigenvalue weighted by atomic mass is 16.6. The maximum atomic E-state index is 11.7. The average Bonchev–Trinajstić information content (AvgIpc) is 2.49. The van der Waals surface area contributed by atoms with Crippen LogP contribution < -0.4 is 20.1 Å². The highest BCUT2D eigenvalue weighted by molar-refractivity contribution is 5.77. The smallest absolute Gasteiger partial charge is 0.407 e. The number of alkyl carbamates (subject to hydrolysis) is 1. The van der Waals surface area contributed by atoms with Crippen molar-refractivity contribution in [3.05, 3.63) is 24.3 Å². The van der Waals surface area contributed by atoms with Gasteiger partial charge in [0.05, 0.1) is 6.61 Å². The molecule has 0 aliphatic carbocycles. The first-order valence-electron chi connectivity index (χ1n) is 7.90. The summed E-state index contributed by atoms with van der Waals surface area (Å²) >= 11 is 0. The minimum absolute atomic E-state index is 0.128. The highest BCUT2D eigenvalue weighted by Gasteiger charge is 2.15. The van der Waals surface area contributed by atoms with Gasteiger partial charge in [-0.25, -0.2) is 4.79 Å². The molecule has 0 spiro atoms. The van der Waals surface area contributed by atoms with Crippen LogP contribution >= 0.6 is 0 Å². The quantitative estimate of drug-likeness (QED) is 0.709. The van der Waals surface area contributed by atoms with Gasteiger partial charge in [0.1, 0.15) is 5.60 Å². The first-order chi connectivity index (χ1) is 11.3. The van der Waals surface area contributed by atoms with E-state index in [4.69, 9.17) is 14.2 Å². The summed E-state index contributed by atoms with van der Waals surface area (Å²) in [6, 6.07) is 7.16. The second-order valence-corrected chi connectivity index (χ2v) is 5.95. The van der Waals surface area contributed by atoms with Gasteiger partial charge >= 0.3 is 6.09 Å². The Hall–Kier alpha value is -2.44. The van der Waals surface area contributed by atoms with Crippen molar-refractivity contribution >= 4 is 12.0 Å². The molecule has 1 aromatic rings. The van der Waals surface area contributed by atoms with Gasteiger partial charge in [0.2, 0.25) is 0 Å². The molecule has 0 fully saturated rings. The summed E-state index contributed by atoms with van der Waals surface area (Å²) in [6.07, 6.45) is -0.515. The van der Waals surface area contributed by atoms with Crippen LogP contribution in [-0.4, -0.2) is 43.9 Å². The Kier molecular flexibility index (Phi) is 7.88. The molecule has 0 bridgehead atoms. The molecule has 0 atom stereocenters. The van der Waals surface area contributed by atoms with Gasteiger partial charge in [-0.05, 0) is 39.8 Å². The molecule has 0 saturated heterocycles. The van der Waals surface area contributed by atoms with Crippen molar-refractivity contribution in [2.45, 2.75) is 33.3 Å². The molecule has 134 valence electrons. The maximum absolute atomic E-state index is 11.7. The van der Waals surface area contributed by atoms with Crippen LogP contribution in [0.4, 0.5) is 4.79 Å². The number of carbonyl (C=O) groups excluding carboxylic acids is 2. The second-order valence-electron chi connectivity index (χ2n) is 5.95. The number of para-hydroxylation sites is 2. The first kappa shape index (κ1) is 19.6. The Bertz CT molecular complexity index is 540. The predicted octanol–water partition coefficient (Wildman–Crippen LogP) is 2.10. The summed E-state index contributed by atoms with van der Waals surface area (Å²) in [5.41, 5.74) is -0.547. The molecular formula is C17H26N2O5. The molecule has 7 nitrogen and oxygen atoms in total. The number of ether oxygens (including phenoxy) is 3. The summed E-state index contributed by atoms with van der Waals surface area (Å²) in [5.74, 6) is 0.827. The van der Waals surface area contributed by atoms with Crippen LogP contribution in [0.1, 0.15) is 27.7 Å². The minimum Gasteiger partial charge on any atom is -0.490 e. The summed E-state index contributed by atoms with van der Waals surface area (Å²) in [6.45, 7) is 8.18. The van der Waals surface area contributed by atoms with Crippen molar-refractivity contribution in [3.63, 3.8) is 0 Å². The lowest BCUT2D eigenvalue weighted by Gasteiger charge is -2.19. The highest BCUT2D eigenvalue weighted by Crippen LogP contribution is 2.26. The third-order valence-electron chi connectivity index (χ3n) is 2.62. The Morgan fingerprint density at radius 1 is 1.00 bits per heavy atom. The normalized spacial score (nSPS) is 10.7. The fourth-order valence-corrected chi connectivity index (χ4v) is 1.72. The van der Waals surface area contributed by atoms with E-state index in [1.54, 1.807) is 39.0 Å². The van der Waals surface area contributed by atoms with Crippen molar-refractivity contribution in [1.29, 1.82) is 0 Å². The van der Waals surface area contributed by atoms with Crippen LogP contribution in [0.5, 0.6) is 11.5 Å². The zero-order valence-electron chi connectivity index (χ0n) is 14.7. The molecule has 7 heteroatoms. The van der Waals surface area contributed by atoms with Gasteiger partial charge in [-0.1, -0.05) is 12.1 Å². The molecule has 0 aromatic heterocycles. The van der Waals surface area contributed by atoms with Gasteiger partial charge in [-0.15, -0.1) is 0 Å². The molecule has 0 heterocycles. The SMILES string of the molecule is CCOc1ccccc1OCC(=O)NCCNC(=O)OC(C)(C)C. The number of rotatable bonds is 8. The molecule has 1 aromatic carbocycles. The van der Waals surface area contributed by atoms with Gasteiger partial charge in [-0.2, -0.15) is 0 Å². The topological polar surface area (TPSA) is 85.9 Å². The second kappa shape index (κ2) is 9.64. The van der Waals surface area contributed by atoms with E-state index in [9.17, 15) is 9.59 Å². The van der Waals surface area contributed by atoms with Crippen LogP contribution in [-0.2, 0) is 9.53 Å². The molecule has 24 heavy (non-hydrogen) atoms. The Morgan fingerprint density at radius 2 is 1.58 bits per heavy atom. The number of amides is 2. The van der Waals surface area contributed by atoms with Crippen LogP contribution in [0.3, 0.4) is 0 Å². The zero-order chi connectivity index (χ0) is 18.0. The van der Waals surface area contributed by atoms with E-state index in [0.717, 1.165) is 0 Å². The first-order valence-corrected chi connectivity index (χ1v) is 7.90. The van der Waals surface area contributed by atoms with Crippen LogP contribution in [0, 0.1) is 0 Å². The lowest BCUT2D eigenvalue weighted by molar-refractivity contribution is -0.123. The summed E-state index contributed by atoms with van der Waals surface area (Å²) < 4.78 is 15.9. The number of hydrogen-bond acceptors (Lipinski definition) is 5. The van der Waals surface area contributed by atoms with E-state index in [1.807, 2.05) is 13.0 Å². The maximum Gasteiger partial charge on any atom is 0.407 e. The molecule has 1 rings (SSSR count). The van der Waals surface area contributed by atoms with Crippen LogP contribution in [0.15, 0.2) is 24.3 Å². The molecule has 0 aliphatic rings. The van der Waals surface area contributed by atoms with E-state index in [-0.39, 0.29) is 25.6 Å². The largest absolute Gasteiger partial charge is 0.490 e. The summed E-state index contributed by atoms with van der Waals surface area (Å²) in [4.78, 5) is 23.2.